The highest BCUT2D eigenvalue weighted by molar-refractivity contribution is 6.33. The maximum absolute atomic E-state index is 12.3. The zero-order chi connectivity index (χ0) is 14.4. The number of halogens is 1. The summed E-state index contributed by atoms with van der Waals surface area (Å²) in [4.78, 5) is 12.3. The number of nitrogens with one attached hydrogen (secondary N) is 1. The van der Waals surface area contributed by atoms with Gasteiger partial charge in [0.25, 0.3) is 0 Å². The van der Waals surface area contributed by atoms with Crippen LogP contribution in [0.1, 0.15) is 44.9 Å². The van der Waals surface area contributed by atoms with E-state index in [1.807, 2.05) is 24.3 Å². The van der Waals surface area contributed by atoms with Gasteiger partial charge in [-0.05, 0) is 25.0 Å². The smallest absolute Gasteiger partial charge is 0.331 e. The minimum absolute atomic E-state index is 0.181. The fourth-order valence-corrected chi connectivity index (χ4v) is 3.09. The average molecular weight is 296 g/mol. The second-order valence-electron chi connectivity index (χ2n) is 5.45. The van der Waals surface area contributed by atoms with Crippen LogP contribution in [-0.4, -0.2) is 18.6 Å². The number of esters is 1. The van der Waals surface area contributed by atoms with Crippen LogP contribution in [0.4, 0.5) is 5.69 Å². The second-order valence-corrected chi connectivity index (χ2v) is 5.85. The van der Waals surface area contributed by atoms with E-state index in [1.165, 1.54) is 26.4 Å². The van der Waals surface area contributed by atoms with Crippen molar-refractivity contribution in [1.29, 1.82) is 0 Å². The van der Waals surface area contributed by atoms with Crippen LogP contribution in [0.3, 0.4) is 0 Å². The van der Waals surface area contributed by atoms with Crippen molar-refractivity contribution in [2.24, 2.45) is 0 Å². The Balaban J connectivity index is 2.26. The lowest BCUT2D eigenvalue weighted by molar-refractivity contribution is -0.146. The SMILES string of the molecule is COC(=O)C1(Nc2ccccc2Cl)CCCCCCC1. The van der Waals surface area contributed by atoms with Gasteiger partial charge in [0.15, 0.2) is 0 Å². The minimum Gasteiger partial charge on any atom is -0.467 e. The number of carbonyl (C=O) groups excluding carboxylic acids is 1. The lowest BCUT2D eigenvalue weighted by Gasteiger charge is -2.34. The van der Waals surface area contributed by atoms with E-state index in [9.17, 15) is 4.79 Å². The molecule has 3 nitrogen and oxygen atoms in total. The van der Waals surface area contributed by atoms with Crippen molar-refractivity contribution in [3.63, 3.8) is 0 Å². The van der Waals surface area contributed by atoms with Crippen molar-refractivity contribution in [1.82, 2.24) is 0 Å². The molecule has 0 heterocycles. The zero-order valence-corrected chi connectivity index (χ0v) is 12.7. The molecule has 1 fully saturated rings. The summed E-state index contributed by atoms with van der Waals surface area (Å²) in [6.45, 7) is 0. The number of hydrogen-bond acceptors (Lipinski definition) is 3. The molecule has 4 heteroatoms. The van der Waals surface area contributed by atoms with E-state index in [0.29, 0.717) is 5.02 Å². The number of para-hydroxylation sites is 1. The van der Waals surface area contributed by atoms with Crippen LogP contribution in [-0.2, 0) is 9.53 Å². The summed E-state index contributed by atoms with van der Waals surface area (Å²) in [5, 5.41) is 4.01. The molecule has 0 aliphatic heterocycles. The van der Waals surface area contributed by atoms with Crippen LogP contribution in [0.5, 0.6) is 0 Å². The van der Waals surface area contributed by atoms with Gasteiger partial charge in [0.2, 0.25) is 0 Å². The molecule has 0 aromatic heterocycles. The van der Waals surface area contributed by atoms with Gasteiger partial charge in [0, 0.05) is 0 Å². The molecule has 20 heavy (non-hydrogen) atoms. The van der Waals surface area contributed by atoms with Crippen LogP contribution < -0.4 is 5.32 Å². The Labute approximate surface area is 125 Å². The standard InChI is InChI=1S/C16H22ClNO2/c1-20-15(19)16(11-7-3-2-4-8-12-16)18-14-10-6-5-9-13(14)17/h5-6,9-10,18H,2-4,7-8,11-12H2,1H3. The highest BCUT2D eigenvalue weighted by Gasteiger charge is 2.39. The van der Waals surface area contributed by atoms with Crippen LogP contribution in [0.2, 0.25) is 5.02 Å². The third kappa shape index (κ3) is 3.45. The summed E-state index contributed by atoms with van der Waals surface area (Å²) in [6, 6.07) is 7.54. The zero-order valence-electron chi connectivity index (χ0n) is 12.0. The molecular weight excluding hydrogens is 274 g/mol. The van der Waals surface area contributed by atoms with E-state index < -0.39 is 5.54 Å². The van der Waals surface area contributed by atoms with Gasteiger partial charge in [0.1, 0.15) is 5.54 Å². The maximum atomic E-state index is 12.3. The minimum atomic E-state index is -0.639. The second kappa shape index (κ2) is 6.98. The monoisotopic (exact) mass is 295 g/mol. The first-order chi connectivity index (χ1) is 9.68. The van der Waals surface area contributed by atoms with E-state index in [1.54, 1.807) is 0 Å². The molecular formula is C16H22ClNO2. The van der Waals surface area contributed by atoms with Crippen molar-refractivity contribution >= 4 is 23.3 Å². The van der Waals surface area contributed by atoms with Gasteiger partial charge in [-0.3, -0.25) is 0 Å². The summed E-state index contributed by atoms with van der Waals surface area (Å²) in [5.41, 5.74) is 0.167. The van der Waals surface area contributed by atoms with Crippen molar-refractivity contribution < 1.29 is 9.53 Å². The normalized spacial score (nSPS) is 18.7. The molecule has 1 aliphatic carbocycles. The Morgan fingerprint density at radius 1 is 1.15 bits per heavy atom. The van der Waals surface area contributed by atoms with Crippen LogP contribution in [0.25, 0.3) is 0 Å². The molecule has 2 rings (SSSR count). The van der Waals surface area contributed by atoms with Crippen molar-refractivity contribution in [3.05, 3.63) is 29.3 Å². The summed E-state index contributed by atoms with van der Waals surface area (Å²) in [6.07, 6.45) is 7.25. The third-order valence-corrected chi connectivity index (χ3v) is 4.36. The fourth-order valence-electron chi connectivity index (χ4n) is 2.90. The molecule has 1 aliphatic rings. The number of hydrogen-bond donors (Lipinski definition) is 1. The van der Waals surface area contributed by atoms with Crippen molar-refractivity contribution in [2.75, 3.05) is 12.4 Å². The maximum Gasteiger partial charge on any atom is 0.331 e. The highest BCUT2D eigenvalue weighted by Crippen LogP contribution is 2.33. The molecule has 0 radical (unpaired) electrons. The number of methoxy groups -OCH3 is 1. The molecule has 1 N–H and O–H groups in total. The first-order valence-corrected chi connectivity index (χ1v) is 7.67. The summed E-state index contributed by atoms with van der Waals surface area (Å²) >= 11 is 6.21. The number of carbonyl (C=O) groups is 1. The van der Waals surface area contributed by atoms with Gasteiger partial charge in [0.05, 0.1) is 17.8 Å². The first kappa shape index (κ1) is 15.2. The van der Waals surface area contributed by atoms with E-state index in [2.05, 4.69) is 5.32 Å². The summed E-state index contributed by atoms with van der Waals surface area (Å²) in [7, 11) is 1.46. The number of anilines is 1. The van der Waals surface area contributed by atoms with Gasteiger partial charge in [-0.25, -0.2) is 4.79 Å². The number of ether oxygens (including phenoxy) is 1. The quantitative estimate of drug-likeness (QED) is 0.840. The van der Waals surface area contributed by atoms with Crippen LogP contribution in [0.15, 0.2) is 24.3 Å². The lowest BCUT2D eigenvalue weighted by atomic mass is 9.83. The molecule has 0 amide bonds. The molecule has 0 saturated heterocycles. The lowest BCUT2D eigenvalue weighted by Crippen LogP contribution is -2.47. The molecule has 0 atom stereocenters. The van der Waals surface area contributed by atoms with Gasteiger partial charge < -0.3 is 10.1 Å². The average Bonchev–Trinajstić information content (AvgIpc) is 2.43. The summed E-state index contributed by atoms with van der Waals surface area (Å²) < 4.78 is 5.06. The first-order valence-electron chi connectivity index (χ1n) is 7.29. The van der Waals surface area contributed by atoms with Crippen LogP contribution >= 0.6 is 11.6 Å². The van der Waals surface area contributed by atoms with E-state index in [0.717, 1.165) is 31.4 Å². The Morgan fingerprint density at radius 2 is 1.75 bits per heavy atom. The number of benzene rings is 1. The van der Waals surface area contributed by atoms with Crippen LogP contribution in [0, 0.1) is 0 Å². The Morgan fingerprint density at radius 3 is 2.35 bits per heavy atom. The summed E-state index contributed by atoms with van der Waals surface area (Å²) in [5.74, 6) is -0.181. The Bertz CT molecular complexity index is 454. The van der Waals surface area contributed by atoms with Gasteiger partial charge in [-0.15, -0.1) is 0 Å². The molecule has 1 saturated carbocycles. The predicted octanol–water partition coefficient (Wildman–Crippen LogP) is 4.41. The molecule has 1 aromatic carbocycles. The van der Waals surface area contributed by atoms with E-state index >= 15 is 0 Å². The Hall–Kier alpha value is -1.22. The van der Waals surface area contributed by atoms with Crippen molar-refractivity contribution in [3.8, 4) is 0 Å². The number of rotatable bonds is 3. The molecule has 1 aromatic rings. The Kier molecular flexibility index (Phi) is 5.30. The molecule has 0 bridgehead atoms. The predicted molar refractivity (Wildman–Crippen MR) is 82.1 cm³/mol. The largest absolute Gasteiger partial charge is 0.467 e. The topological polar surface area (TPSA) is 38.3 Å². The fraction of sp³-hybridized carbons (Fsp3) is 0.562. The van der Waals surface area contributed by atoms with Gasteiger partial charge in [-0.2, -0.15) is 0 Å². The molecule has 0 unspecified atom stereocenters. The van der Waals surface area contributed by atoms with Crippen molar-refractivity contribution in [2.45, 2.75) is 50.5 Å². The van der Waals surface area contributed by atoms with E-state index in [4.69, 9.17) is 16.3 Å². The highest BCUT2D eigenvalue weighted by atomic mass is 35.5. The molecule has 110 valence electrons. The molecule has 0 spiro atoms. The van der Waals surface area contributed by atoms with Gasteiger partial charge >= 0.3 is 5.97 Å². The third-order valence-electron chi connectivity index (χ3n) is 4.03. The van der Waals surface area contributed by atoms with Gasteiger partial charge in [-0.1, -0.05) is 55.8 Å². The van der Waals surface area contributed by atoms with E-state index in [-0.39, 0.29) is 5.97 Å².